The van der Waals surface area contributed by atoms with Gasteiger partial charge in [-0.3, -0.25) is 14.2 Å². The van der Waals surface area contributed by atoms with Crippen LogP contribution in [0.4, 0.5) is 13.2 Å². The molecule has 2 aromatic carbocycles. The third-order valence-electron chi connectivity index (χ3n) is 6.55. The molecule has 1 aliphatic rings. The molecule has 0 bridgehead atoms. The minimum absolute atomic E-state index is 0.0164. The molecule has 9 nitrogen and oxygen atoms in total. The van der Waals surface area contributed by atoms with Crippen LogP contribution in [0.5, 0.6) is 0 Å². The number of rotatable bonds is 7. The molecule has 0 unspecified atom stereocenters. The molecule has 40 heavy (non-hydrogen) atoms. The Kier molecular flexibility index (Phi) is 6.86. The van der Waals surface area contributed by atoms with E-state index in [9.17, 15) is 31.2 Å². The smallest absolute Gasteiger partial charge is 0.416 e. The summed E-state index contributed by atoms with van der Waals surface area (Å²) >= 11 is 0. The Morgan fingerprint density at radius 2 is 1.77 bits per heavy atom. The normalized spacial score (nSPS) is 13.8. The number of carbonyl (C=O) groups excluding carboxylic acids is 1. The number of benzene rings is 2. The van der Waals surface area contributed by atoms with Gasteiger partial charge in [-0.25, -0.2) is 8.42 Å². The molecule has 2 aromatic heterocycles. The van der Waals surface area contributed by atoms with Crippen molar-refractivity contribution in [2.45, 2.75) is 49.6 Å². The number of aryl methyl sites for hydroxylation is 1. The summed E-state index contributed by atoms with van der Waals surface area (Å²) in [5.41, 5.74) is -1.30. The Hall–Kier alpha value is -4.26. The molecule has 0 aliphatic heterocycles. The lowest BCUT2D eigenvalue weighted by atomic mass is 10.1. The predicted molar refractivity (Wildman–Crippen MR) is 138 cm³/mol. The van der Waals surface area contributed by atoms with E-state index in [2.05, 4.69) is 15.5 Å². The first kappa shape index (κ1) is 27.3. The number of nitrogens with one attached hydrogen (secondary N) is 1. The first-order chi connectivity index (χ1) is 18.9. The highest BCUT2D eigenvalue weighted by Gasteiger charge is 2.36. The predicted octanol–water partition coefficient (Wildman–Crippen LogP) is 4.39. The second-order valence-electron chi connectivity index (χ2n) is 9.44. The van der Waals surface area contributed by atoms with Gasteiger partial charge in [-0.1, -0.05) is 18.2 Å². The van der Waals surface area contributed by atoms with Gasteiger partial charge in [0.05, 0.1) is 21.3 Å². The van der Waals surface area contributed by atoms with Crippen LogP contribution in [0.2, 0.25) is 0 Å². The molecule has 2 heterocycles. The number of hydrogen-bond donors (Lipinski definition) is 1. The Bertz CT molecular complexity index is 1770. The van der Waals surface area contributed by atoms with E-state index in [1.807, 2.05) is 0 Å². The number of pyridine rings is 1. The number of nitrogens with zero attached hydrogens (tertiary/aromatic N) is 3. The molecule has 13 heteroatoms. The molecule has 208 valence electrons. The summed E-state index contributed by atoms with van der Waals surface area (Å²) in [6.45, 7) is 3.01. The SMILES string of the molecule is Cc1nnc(-c2cc(C(=O)NCc3ccc(S(=O)(=O)C4CC4)cc3)c(=O)n(-c3cccc(C(F)(F)F)c3)c2C)o1. The highest BCUT2D eigenvalue weighted by atomic mass is 32.2. The summed E-state index contributed by atoms with van der Waals surface area (Å²) in [5.74, 6) is -0.598. The summed E-state index contributed by atoms with van der Waals surface area (Å²) in [5, 5.41) is 9.98. The Morgan fingerprint density at radius 3 is 2.38 bits per heavy atom. The van der Waals surface area contributed by atoms with E-state index < -0.39 is 33.0 Å². The number of carbonyl (C=O) groups is 1. The third kappa shape index (κ3) is 5.28. The van der Waals surface area contributed by atoms with Crippen molar-refractivity contribution in [3.05, 3.63) is 93.2 Å². The lowest BCUT2D eigenvalue weighted by Gasteiger charge is -2.16. The fraction of sp³-hybridized carbons (Fsp3) is 0.259. The van der Waals surface area contributed by atoms with Gasteiger partial charge in [0.2, 0.25) is 11.8 Å². The lowest BCUT2D eigenvalue weighted by molar-refractivity contribution is -0.137. The first-order valence-corrected chi connectivity index (χ1v) is 13.8. The van der Waals surface area contributed by atoms with E-state index in [1.54, 1.807) is 19.1 Å². The van der Waals surface area contributed by atoms with E-state index in [4.69, 9.17) is 4.42 Å². The van der Waals surface area contributed by atoms with Gasteiger partial charge in [0, 0.05) is 24.8 Å². The van der Waals surface area contributed by atoms with Crippen molar-refractivity contribution in [3.63, 3.8) is 0 Å². The highest BCUT2D eigenvalue weighted by molar-refractivity contribution is 7.92. The maximum absolute atomic E-state index is 13.5. The van der Waals surface area contributed by atoms with Crippen LogP contribution in [0.1, 0.15) is 45.9 Å². The summed E-state index contributed by atoms with van der Waals surface area (Å²) in [4.78, 5) is 26.9. The highest BCUT2D eigenvalue weighted by Crippen LogP contribution is 2.34. The second-order valence-corrected chi connectivity index (χ2v) is 11.7. The summed E-state index contributed by atoms with van der Waals surface area (Å²) in [7, 11) is -3.36. The molecule has 1 N–H and O–H groups in total. The van der Waals surface area contributed by atoms with E-state index in [1.165, 1.54) is 37.3 Å². The molecule has 1 fully saturated rings. The molecular weight excluding hydrogens is 549 g/mol. The number of sulfone groups is 1. The van der Waals surface area contributed by atoms with Gasteiger partial charge in [-0.15, -0.1) is 10.2 Å². The molecule has 0 radical (unpaired) electrons. The Morgan fingerprint density at radius 1 is 1.07 bits per heavy atom. The van der Waals surface area contributed by atoms with Crippen molar-refractivity contribution in [3.8, 4) is 17.1 Å². The summed E-state index contributed by atoms with van der Waals surface area (Å²) < 4.78 is 71.5. The minimum Gasteiger partial charge on any atom is -0.421 e. The zero-order valence-corrected chi connectivity index (χ0v) is 22.1. The number of alkyl halides is 3. The maximum Gasteiger partial charge on any atom is 0.416 e. The van der Waals surface area contributed by atoms with Crippen LogP contribution in [0.25, 0.3) is 17.1 Å². The van der Waals surface area contributed by atoms with Crippen LogP contribution in [0.3, 0.4) is 0 Å². The average Bonchev–Trinajstić information content (AvgIpc) is 3.69. The molecule has 0 saturated heterocycles. The van der Waals surface area contributed by atoms with Crippen molar-refractivity contribution in [1.82, 2.24) is 20.1 Å². The van der Waals surface area contributed by atoms with Crippen LogP contribution in [0, 0.1) is 13.8 Å². The third-order valence-corrected chi connectivity index (χ3v) is 8.83. The Labute approximate surface area is 226 Å². The lowest BCUT2D eigenvalue weighted by Crippen LogP contribution is -2.33. The number of aromatic nitrogens is 3. The van der Waals surface area contributed by atoms with E-state index in [0.717, 1.165) is 16.7 Å². The standard InChI is InChI=1S/C27H23F3N4O5S/c1-15-22(25-33-32-16(2)39-25)13-23(26(36)34(15)19-5-3-4-18(12-19)27(28,29)30)24(35)31-14-17-6-8-20(9-7-17)40(37,38)21-10-11-21/h3-9,12-13,21H,10-11,14H2,1-2H3,(H,31,35). The van der Waals surface area contributed by atoms with Gasteiger partial charge >= 0.3 is 6.18 Å². The second kappa shape index (κ2) is 10.0. The van der Waals surface area contributed by atoms with Gasteiger partial charge in [0.1, 0.15) is 5.56 Å². The van der Waals surface area contributed by atoms with Crippen molar-refractivity contribution in [2.24, 2.45) is 0 Å². The topological polar surface area (TPSA) is 124 Å². The Balaban J connectivity index is 1.50. The first-order valence-electron chi connectivity index (χ1n) is 12.2. The number of amides is 1. The molecule has 4 aromatic rings. The molecular formula is C27H23F3N4O5S. The van der Waals surface area contributed by atoms with Crippen LogP contribution >= 0.6 is 0 Å². The minimum atomic E-state index is -4.65. The fourth-order valence-electron chi connectivity index (χ4n) is 4.27. The van der Waals surface area contributed by atoms with Crippen LogP contribution in [0.15, 0.2) is 68.7 Å². The largest absolute Gasteiger partial charge is 0.421 e. The number of hydrogen-bond acceptors (Lipinski definition) is 7. The van der Waals surface area contributed by atoms with Crippen LogP contribution < -0.4 is 10.9 Å². The van der Waals surface area contributed by atoms with Gasteiger partial charge in [-0.05, 0) is 61.7 Å². The van der Waals surface area contributed by atoms with Crippen molar-refractivity contribution < 1.29 is 30.8 Å². The maximum atomic E-state index is 13.5. The summed E-state index contributed by atoms with van der Waals surface area (Å²) in [6.07, 6.45) is -3.37. The average molecular weight is 573 g/mol. The zero-order chi connectivity index (χ0) is 28.8. The van der Waals surface area contributed by atoms with Crippen molar-refractivity contribution in [1.29, 1.82) is 0 Å². The fourth-order valence-corrected chi connectivity index (χ4v) is 5.92. The molecule has 1 saturated carbocycles. The van der Waals surface area contributed by atoms with Gasteiger partial charge in [-0.2, -0.15) is 13.2 Å². The number of halogens is 3. The monoisotopic (exact) mass is 572 g/mol. The van der Waals surface area contributed by atoms with E-state index >= 15 is 0 Å². The van der Waals surface area contributed by atoms with Crippen LogP contribution in [-0.4, -0.2) is 34.3 Å². The zero-order valence-electron chi connectivity index (χ0n) is 21.3. The van der Waals surface area contributed by atoms with Crippen molar-refractivity contribution >= 4 is 15.7 Å². The molecule has 1 aliphatic carbocycles. The summed E-state index contributed by atoms with van der Waals surface area (Å²) in [6, 6.07) is 11.5. The van der Waals surface area contributed by atoms with Gasteiger partial charge in [0.15, 0.2) is 9.84 Å². The molecule has 0 spiro atoms. The molecule has 0 atom stereocenters. The molecule has 5 rings (SSSR count). The van der Waals surface area contributed by atoms with E-state index in [0.29, 0.717) is 18.4 Å². The molecule has 1 amide bonds. The van der Waals surface area contributed by atoms with Gasteiger partial charge < -0.3 is 9.73 Å². The van der Waals surface area contributed by atoms with E-state index in [-0.39, 0.29) is 51.0 Å². The van der Waals surface area contributed by atoms with Crippen LogP contribution in [-0.2, 0) is 22.6 Å². The van der Waals surface area contributed by atoms with Gasteiger partial charge in [0.25, 0.3) is 11.5 Å². The quantitative estimate of drug-likeness (QED) is 0.348. The van der Waals surface area contributed by atoms with Crippen molar-refractivity contribution in [2.75, 3.05) is 0 Å².